The van der Waals surface area contributed by atoms with Gasteiger partial charge in [-0.3, -0.25) is 0 Å². The molecule has 0 amide bonds. The van der Waals surface area contributed by atoms with Gasteiger partial charge in [-0.1, -0.05) is 12.1 Å². The van der Waals surface area contributed by atoms with Crippen LogP contribution in [0.5, 0.6) is 5.75 Å². The standard InChI is InChI=1S/C28H21F3N2O3/c1-35-21-11-12-24-23(15-21)22-13-14-33(16-17-3-9-20(10-4-17)28(29,30)31)26(25(22)32-24)18-5-7-19(8-6-18)27(34)36-2/h3-15H,16H2,1-2H3/p+1. The van der Waals surface area contributed by atoms with Crippen LogP contribution in [0.3, 0.4) is 0 Å². The zero-order valence-corrected chi connectivity index (χ0v) is 19.5. The van der Waals surface area contributed by atoms with Gasteiger partial charge in [0.05, 0.1) is 25.3 Å². The molecular weight excluding hydrogens is 469 g/mol. The van der Waals surface area contributed by atoms with E-state index in [9.17, 15) is 18.0 Å². The van der Waals surface area contributed by atoms with Crippen molar-refractivity contribution in [2.75, 3.05) is 14.2 Å². The molecule has 36 heavy (non-hydrogen) atoms. The highest BCUT2D eigenvalue weighted by atomic mass is 19.4. The summed E-state index contributed by atoms with van der Waals surface area (Å²) >= 11 is 0. The van der Waals surface area contributed by atoms with Gasteiger partial charge >= 0.3 is 12.1 Å². The van der Waals surface area contributed by atoms with Gasteiger partial charge in [-0.15, -0.1) is 0 Å². The minimum absolute atomic E-state index is 0.348. The van der Waals surface area contributed by atoms with Crippen molar-refractivity contribution in [1.82, 2.24) is 4.98 Å². The van der Waals surface area contributed by atoms with E-state index >= 15 is 0 Å². The molecule has 0 fully saturated rings. The molecule has 0 saturated carbocycles. The van der Waals surface area contributed by atoms with Gasteiger partial charge in [0.1, 0.15) is 11.3 Å². The molecule has 8 heteroatoms. The minimum Gasteiger partial charge on any atom is -0.497 e. The Morgan fingerprint density at radius 2 is 1.64 bits per heavy atom. The van der Waals surface area contributed by atoms with Crippen molar-refractivity contribution < 1.29 is 32.0 Å². The van der Waals surface area contributed by atoms with Crippen molar-refractivity contribution in [2.45, 2.75) is 12.7 Å². The maximum atomic E-state index is 13.0. The lowest BCUT2D eigenvalue weighted by Gasteiger charge is -2.09. The predicted octanol–water partition coefficient (Wildman–Crippen LogP) is 6.14. The summed E-state index contributed by atoms with van der Waals surface area (Å²) in [6.45, 7) is 0.348. The first-order valence-corrected chi connectivity index (χ1v) is 11.2. The number of pyridine rings is 1. The van der Waals surface area contributed by atoms with Crippen LogP contribution in [0.1, 0.15) is 21.5 Å². The Hall–Kier alpha value is -4.33. The largest absolute Gasteiger partial charge is 0.497 e. The number of benzene rings is 3. The second-order valence-electron chi connectivity index (χ2n) is 8.38. The summed E-state index contributed by atoms with van der Waals surface area (Å²) in [6.07, 6.45) is -2.47. The normalized spacial score (nSPS) is 11.7. The van der Waals surface area contributed by atoms with Crippen molar-refractivity contribution in [3.8, 4) is 17.0 Å². The molecule has 0 radical (unpaired) electrons. The number of alkyl halides is 3. The third-order valence-corrected chi connectivity index (χ3v) is 6.20. The fourth-order valence-electron chi connectivity index (χ4n) is 4.38. The van der Waals surface area contributed by atoms with Crippen LogP contribution in [0.25, 0.3) is 33.1 Å². The van der Waals surface area contributed by atoms with E-state index in [2.05, 4.69) is 4.98 Å². The Labute approximate surface area is 204 Å². The summed E-state index contributed by atoms with van der Waals surface area (Å²) in [4.78, 5) is 15.4. The number of aromatic amines is 1. The van der Waals surface area contributed by atoms with E-state index in [1.54, 1.807) is 19.2 Å². The quantitative estimate of drug-likeness (QED) is 0.237. The minimum atomic E-state index is -4.39. The van der Waals surface area contributed by atoms with Crippen LogP contribution in [0, 0.1) is 0 Å². The summed E-state index contributed by atoms with van der Waals surface area (Å²) in [6, 6.07) is 19.9. The van der Waals surface area contributed by atoms with Crippen LogP contribution >= 0.6 is 0 Å². The number of fused-ring (bicyclic) bond motifs is 3. The van der Waals surface area contributed by atoms with Crippen molar-refractivity contribution >= 4 is 27.8 Å². The van der Waals surface area contributed by atoms with Crippen molar-refractivity contribution in [3.63, 3.8) is 0 Å². The Kier molecular flexibility index (Phi) is 5.88. The Morgan fingerprint density at radius 1 is 0.917 bits per heavy atom. The van der Waals surface area contributed by atoms with Crippen LogP contribution in [0.15, 0.2) is 79.0 Å². The smallest absolute Gasteiger partial charge is 0.416 e. The highest BCUT2D eigenvalue weighted by molar-refractivity contribution is 6.10. The second-order valence-corrected chi connectivity index (χ2v) is 8.38. The number of nitrogens with one attached hydrogen (secondary N) is 1. The molecule has 0 unspecified atom stereocenters. The number of carbonyl (C=O) groups is 1. The van der Waals surface area contributed by atoms with Gasteiger partial charge in [-0.05, 0) is 54.6 Å². The van der Waals surface area contributed by atoms with Gasteiger partial charge in [0.15, 0.2) is 12.7 Å². The van der Waals surface area contributed by atoms with Gasteiger partial charge in [0.25, 0.3) is 0 Å². The molecule has 0 bridgehead atoms. The molecule has 1 N–H and O–H groups in total. The van der Waals surface area contributed by atoms with Crippen molar-refractivity contribution in [3.05, 3.63) is 95.7 Å². The van der Waals surface area contributed by atoms with Gasteiger partial charge in [-0.25, -0.2) is 4.79 Å². The molecule has 5 nitrogen and oxygen atoms in total. The van der Waals surface area contributed by atoms with Gasteiger partial charge in [0.2, 0.25) is 5.69 Å². The number of nitrogens with zero attached hydrogens (tertiary/aromatic N) is 1. The molecule has 0 spiro atoms. The number of halogens is 3. The van der Waals surface area contributed by atoms with E-state index in [0.717, 1.165) is 56.5 Å². The zero-order valence-electron chi connectivity index (χ0n) is 19.5. The molecular formula is C28H22F3N2O3+. The summed E-state index contributed by atoms with van der Waals surface area (Å²) in [5, 5.41) is 1.96. The van der Waals surface area contributed by atoms with Crippen LogP contribution in [0.2, 0.25) is 0 Å². The maximum absolute atomic E-state index is 13.0. The third-order valence-electron chi connectivity index (χ3n) is 6.20. The lowest BCUT2D eigenvalue weighted by Crippen LogP contribution is -2.36. The molecule has 3 aromatic carbocycles. The number of aromatic nitrogens is 2. The summed E-state index contributed by atoms with van der Waals surface area (Å²) in [5.41, 5.74) is 3.90. The van der Waals surface area contributed by atoms with E-state index < -0.39 is 17.7 Å². The number of hydrogen-bond acceptors (Lipinski definition) is 3. The third kappa shape index (κ3) is 4.26. The van der Waals surface area contributed by atoms with E-state index in [0.29, 0.717) is 12.1 Å². The molecule has 5 rings (SSSR count). The second kappa shape index (κ2) is 9.03. The molecule has 2 aromatic heterocycles. The molecule has 0 aliphatic heterocycles. The van der Waals surface area contributed by atoms with E-state index in [1.165, 1.54) is 19.2 Å². The van der Waals surface area contributed by atoms with Gasteiger partial charge < -0.3 is 14.5 Å². The van der Waals surface area contributed by atoms with Crippen LogP contribution in [-0.4, -0.2) is 25.2 Å². The number of methoxy groups -OCH3 is 2. The Bertz CT molecular complexity index is 1570. The predicted molar refractivity (Wildman–Crippen MR) is 130 cm³/mol. The highest BCUT2D eigenvalue weighted by Crippen LogP contribution is 2.33. The molecule has 0 atom stereocenters. The Balaban J connectivity index is 1.67. The lowest BCUT2D eigenvalue weighted by molar-refractivity contribution is -0.676. The van der Waals surface area contributed by atoms with Crippen molar-refractivity contribution in [2.24, 2.45) is 0 Å². The maximum Gasteiger partial charge on any atom is 0.416 e. The fourth-order valence-corrected chi connectivity index (χ4v) is 4.38. The van der Waals surface area contributed by atoms with E-state index in [4.69, 9.17) is 9.47 Å². The molecule has 0 saturated heterocycles. The van der Waals surface area contributed by atoms with E-state index in [-0.39, 0.29) is 0 Å². The van der Waals surface area contributed by atoms with Crippen LogP contribution < -0.4 is 9.30 Å². The van der Waals surface area contributed by atoms with Crippen LogP contribution in [-0.2, 0) is 17.5 Å². The summed E-state index contributed by atoms with van der Waals surface area (Å²) < 4.78 is 51.3. The molecule has 2 heterocycles. The number of H-pyrrole nitrogens is 1. The molecule has 5 aromatic rings. The zero-order chi connectivity index (χ0) is 25.4. The summed E-state index contributed by atoms with van der Waals surface area (Å²) in [7, 11) is 2.94. The lowest BCUT2D eigenvalue weighted by atomic mass is 10.0. The monoisotopic (exact) mass is 491 g/mol. The number of hydrogen-bond donors (Lipinski definition) is 1. The van der Waals surface area contributed by atoms with Crippen molar-refractivity contribution in [1.29, 1.82) is 0 Å². The number of ether oxygens (including phenoxy) is 2. The van der Waals surface area contributed by atoms with Gasteiger partial charge in [0, 0.05) is 33.5 Å². The first-order valence-electron chi connectivity index (χ1n) is 11.2. The molecule has 0 aliphatic carbocycles. The average Bonchev–Trinajstić information content (AvgIpc) is 3.25. The number of carbonyl (C=O) groups excluding carboxylic acids is 1. The van der Waals surface area contributed by atoms with Crippen LogP contribution in [0.4, 0.5) is 13.2 Å². The van der Waals surface area contributed by atoms with Gasteiger partial charge in [-0.2, -0.15) is 17.7 Å². The average molecular weight is 491 g/mol. The molecule has 182 valence electrons. The number of rotatable bonds is 5. The molecule has 0 aliphatic rings. The van der Waals surface area contributed by atoms with E-state index in [1.807, 2.05) is 47.2 Å². The first kappa shape index (κ1) is 23.4. The summed E-state index contributed by atoms with van der Waals surface area (Å²) in [5.74, 6) is 0.295. The fraction of sp³-hybridized carbons (Fsp3) is 0.143. The highest BCUT2D eigenvalue weighted by Gasteiger charge is 2.30. The first-order chi connectivity index (χ1) is 17.3. The topological polar surface area (TPSA) is 55.2 Å². The Morgan fingerprint density at radius 3 is 2.28 bits per heavy atom. The SMILES string of the molecule is COC(=O)c1ccc(-c2c3[nH]c4ccc(OC)cc4c3cc[n+]2Cc2ccc(C(F)(F)F)cc2)cc1. The number of esters is 1.